The summed E-state index contributed by atoms with van der Waals surface area (Å²) in [6.45, 7) is 2.73. The number of thiophene rings is 1. The van der Waals surface area contributed by atoms with Crippen molar-refractivity contribution in [2.75, 3.05) is 27.2 Å². The van der Waals surface area contributed by atoms with Crippen molar-refractivity contribution in [2.45, 2.75) is 6.54 Å². The van der Waals surface area contributed by atoms with Crippen LogP contribution in [0.25, 0.3) is 16.6 Å². The number of fused-ring (bicyclic) bond motifs is 1. The second kappa shape index (κ2) is 7.17. The first-order valence-electron chi connectivity index (χ1n) is 7.83. The van der Waals surface area contributed by atoms with Crippen LogP contribution in [0, 0.1) is 0 Å². The lowest BCUT2D eigenvalue weighted by Crippen LogP contribution is -2.26. The summed E-state index contributed by atoms with van der Waals surface area (Å²) in [6.07, 6.45) is 2.00. The number of benzene rings is 1. The molecule has 0 atom stereocenters. The molecule has 0 aliphatic carbocycles. The van der Waals surface area contributed by atoms with Crippen molar-refractivity contribution >= 4 is 28.2 Å². The van der Waals surface area contributed by atoms with Crippen LogP contribution in [-0.2, 0) is 6.54 Å². The Hall–Kier alpha value is -2.15. The molecule has 0 saturated heterocycles. The Labute approximate surface area is 145 Å². The lowest BCUT2D eigenvalue weighted by Gasteiger charge is -2.11. The van der Waals surface area contributed by atoms with Gasteiger partial charge >= 0.3 is 5.97 Å². The van der Waals surface area contributed by atoms with E-state index in [1.807, 2.05) is 18.3 Å². The van der Waals surface area contributed by atoms with Gasteiger partial charge in [0.25, 0.3) is 0 Å². The van der Waals surface area contributed by atoms with Crippen LogP contribution < -0.4 is 5.32 Å². The van der Waals surface area contributed by atoms with Gasteiger partial charge in [-0.2, -0.15) is 0 Å². The summed E-state index contributed by atoms with van der Waals surface area (Å²) >= 11 is 1.71. The summed E-state index contributed by atoms with van der Waals surface area (Å²) < 4.78 is 2.07. The van der Waals surface area contributed by atoms with Crippen LogP contribution in [0.15, 0.2) is 41.9 Å². The first-order valence-corrected chi connectivity index (χ1v) is 8.71. The van der Waals surface area contributed by atoms with E-state index >= 15 is 0 Å². The van der Waals surface area contributed by atoms with Crippen molar-refractivity contribution in [1.29, 1.82) is 0 Å². The first kappa shape index (κ1) is 16.7. The van der Waals surface area contributed by atoms with Crippen LogP contribution in [0.4, 0.5) is 0 Å². The number of aromatic carboxylic acids is 1. The number of rotatable bonds is 7. The summed E-state index contributed by atoms with van der Waals surface area (Å²) in [4.78, 5) is 14.6. The van der Waals surface area contributed by atoms with Crippen LogP contribution in [0.1, 0.15) is 15.2 Å². The van der Waals surface area contributed by atoms with E-state index in [9.17, 15) is 9.90 Å². The number of carbonyl (C=O) groups is 1. The van der Waals surface area contributed by atoms with Crippen molar-refractivity contribution in [2.24, 2.45) is 0 Å². The molecule has 0 radical (unpaired) electrons. The lowest BCUT2D eigenvalue weighted by atomic mass is 10.1. The van der Waals surface area contributed by atoms with E-state index in [0.29, 0.717) is 5.56 Å². The monoisotopic (exact) mass is 343 g/mol. The molecule has 0 fully saturated rings. The predicted molar refractivity (Wildman–Crippen MR) is 98.4 cm³/mol. The van der Waals surface area contributed by atoms with Gasteiger partial charge in [0, 0.05) is 30.7 Å². The Morgan fingerprint density at radius 1 is 1.29 bits per heavy atom. The Balaban J connectivity index is 1.87. The van der Waals surface area contributed by atoms with E-state index in [2.05, 4.69) is 40.3 Å². The summed E-state index contributed by atoms with van der Waals surface area (Å²) in [5.74, 6) is -0.902. The van der Waals surface area contributed by atoms with Crippen LogP contribution in [0.2, 0.25) is 0 Å². The second-order valence-electron chi connectivity index (χ2n) is 5.97. The van der Waals surface area contributed by atoms with E-state index in [0.717, 1.165) is 36.2 Å². The molecule has 5 nitrogen and oxygen atoms in total. The smallest absolute Gasteiger partial charge is 0.335 e. The van der Waals surface area contributed by atoms with Crippen molar-refractivity contribution in [1.82, 2.24) is 14.8 Å². The van der Waals surface area contributed by atoms with E-state index in [1.54, 1.807) is 23.5 Å². The fraction of sp³-hybridized carbons (Fsp3) is 0.278. The van der Waals surface area contributed by atoms with Gasteiger partial charge in [0.15, 0.2) is 0 Å². The van der Waals surface area contributed by atoms with E-state index < -0.39 is 5.97 Å². The van der Waals surface area contributed by atoms with Gasteiger partial charge in [-0.05, 0) is 49.1 Å². The zero-order valence-electron chi connectivity index (χ0n) is 13.8. The van der Waals surface area contributed by atoms with Gasteiger partial charge in [-0.25, -0.2) is 4.79 Å². The number of carboxylic acid groups (broad SMARTS) is 1. The van der Waals surface area contributed by atoms with Gasteiger partial charge in [-0.15, -0.1) is 11.3 Å². The van der Waals surface area contributed by atoms with E-state index in [4.69, 9.17) is 0 Å². The maximum absolute atomic E-state index is 11.2. The quantitative estimate of drug-likeness (QED) is 0.648. The van der Waals surface area contributed by atoms with Crippen molar-refractivity contribution < 1.29 is 9.90 Å². The Morgan fingerprint density at radius 2 is 2.12 bits per heavy atom. The minimum atomic E-state index is -0.902. The number of aromatic nitrogens is 1. The molecule has 1 aromatic carbocycles. The number of nitrogens with zero attached hydrogens (tertiary/aromatic N) is 2. The molecule has 2 N–H and O–H groups in total. The Kier molecular flexibility index (Phi) is 4.99. The molecule has 3 rings (SSSR count). The fourth-order valence-corrected chi connectivity index (χ4v) is 3.49. The Morgan fingerprint density at radius 3 is 2.88 bits per heavy atom. The third-order valence-corrected chi connectivity index (χ3v) is 4.85. The van der Waals surface area contributed by atoms with Crippen molar-refractivity contribution in [3.05, 3.63) is 52.3 Å². The zero-order valence-corrected chi connectivity index (χ0v) is 14.6. The minimum Gasteiger partial charge on any atom is -0.478 e. The third kappa shape index (κ3) is 3.51. The molecule has 0 saturated carbocycles. The maximum atomic E-state index is 11.2. The molecule has 0 aliphatic rings. The minimum absolute atomic E-state index is 0.309. The summed E-state index contributed by atoms with van der Waals surface area (Å²) in [6, 6.07) is 9.34. The van der Waals surface area contributed by atoms with Crippen LogP contribution in [0.3, 0.4) is 0 Å². The number of hydrogen-bond acceptors (Lipinski definition) is 4. The molecule has 0 aliphatic heterocycles. The standard InChI is InChI=1S/C18H21N3O2S/c1-20(2)9-7-19-12-17-15(6-10-24-17)21-8-5-13-3-4-14(18(22)23)11-16(13)21/h3-6,8,10-11,19H,7,9,12H2,1-2H3,(H,22,23). The molecular formula is C18H21N3O2S. The van der Waals surface area contributed by atoms with Gasteiger partial charge in [-0.3, -0.25) is 0 Å². The van der Waals surface area contributed by atoms with Gasteiger partial charge in [0.2, 0.25) is 0 Å². The SMILES string of the molecule is CN(C)CCNCc1sccc1-n1ccc2ccc(C(=O)O)cc21. The van der Waals surface area contributed by atoms with Crippen molar-refractivity contribution in [3.8, 4) is 5.69 Å². The lowest BCUT2D eigenvalue weighted by molar-refractivity contribution is 0.0697. The molecule has 24 heavy (non-hydrogen) atoms. The maximum Gasteiger partial charge on any atom is 0.335 e. The highest BCUT2D eigenvalue weighted by Gasteiger charge is 2.11. The zero-order chi connectivity index (χ0) is 17.1. The third-order valence-electron chi connectivity index (χ3n) is 3.94. The van der Waals surface area contributed by atoms with E-state index in [1.165, 1.54) is 4.88 Å². The fourth-order valence-electron chi connectivity index (χ4n) is 2.66. The molecule has 126 valence electrons. The second-order valence-corrected chi connectivity index (χ2v) is 6.97. The van der Waals surface area contributed by atoms with Gasteiger partial charge in [0.05, 0.1) is 16.8 Å². The summed E-state index contributed by atoms with van der Waals surface area (Å²) in [5, 5.41) is 15.8. The molecule has 0 unspecified atom stereocenters. The number of carboxylic acids is 1. The predicted octanol–water partition coefficient (Wildman–Crippen LogP) is 3.04. The summed E-state index contributed by atoms with van der Waals surface area (Å²) in [5.41, 5.74) is 2.33. The molecule has 3 aromatic rings. The highest BCUT2D eigenvalue weighted by atomic mass is 32.1. The Bertz CT molecular complexity index is 851. The molecule has 2 heterocycles. The molecule has 0 spiro atoms. The highest BCUT2D eigenvalue weighted by molar-refractivity contribution is 7.10. The number of hydrogen-bond donors (Lipinski definition) is 2. The van der Waals surface area contributed by atoms with Gasteiger partial charge in [0.1, 0.15) is 0 Å². The van der Waals surface area contributed by atoms with Gasteiger partial charge in [-0.1, -0.05) is 6.07 Å². The van der Waals surface area contributed by atoms with Crippen LogP contribution in [0.5, 0.6) is 0 Å². The molecule has 0 amide bonds. The topological polar surface area (TPSA) is 57.5 Å². The first-order chi connectivity index (χ1) is 11.6. The average molecular weight is 343 g/mol. The van der Waals surface area contributed by atoms with Crippen LogP contribution >= 0.6 is 11.3 Å². The molecule has 2 aromatic heterocycles. The number of likely N-dealkylation sites (N-methyl/N-ethyl adjacent to an activating group) is 1. The normalized spacial score (nSPS) is 11.5. The van der Waals surface area contributed by atoms with Crippen LogP contribution in [-0.4, -0.2) is 47.7 Å². The average Bonchev–Trinajstić information content (AvgIpc) is 3.16. The molecule has 6 heteroatoms. The molecule has 0 bridgehead atoms. The molecular weight excluding hydrogens is 322 g/mol. The largest absolute Gasteiger partial charge is 0.478 e. The van der Waals surface area contributed by atoms with Gasteiger partial charge < -0.3 is 19.9 Å². The summed E-state index contributed by atoms with van der Waals surface area (Å²) in [7, 11) is 4.12. The number of nitrogens with one attached hydrogen (secondary N) is 1. The van der Waals surface area contributed by atoms with Crippen molar-refractivity contribution in [3.63, 3.8) is 0 Å². The van der Waals surface area contributed by atoms with E-state index in [-0.39, 0.29) is 0 Å². The highest BCUT2D eigenvalue weighted by Crippen LogP contribution is 2.27.